The van der Waals surface area contributed by atoms with Gasteiger partial charge in [-0.2, -0.15) is 0 Å². The molecule has 1 aliphatic rings. The highest BCUT2D eigenvalue weighted by atomic mass is 15.3. The molecule has 0 bridgehead atoms. The molecule has 2 rings (SSSR count). The predicted octanol–water partition coefficient (Wildman–Crippen LogP) is 1.81. The zero-order valence-corrected chi connectivity index (χ0v) is 9.66. The molecule has 4 heteroatoms. The van der Waals surface area contributed by atoms with Crippen molar-refractivity contribution in [2.24, 2.45) is 0 Å². The molecule has 1 atom stereocenters. The van der Waals surface area contributed by atoms with E-state index in [4.69, 9.17) is 0 Å². The molecule has 1 N–H and O–H groups in total. The molecule has 4 nitrogen and oxygen atoms in total. The Labute approximate surface area is 91.1 Å². The van der Waals surface area contributed by atoms with E-state index in [2.05, 4.69) is 27.0 Å². The highest BCUT2D eigenvalue weighted by Gasteiger charge is 2.20. The lowest BCUT2D eigenvalue weighted by molar-refractivity contribution is 0.383. The molecule has 0 aromatic carbocycles. The summed E-state index contributed by atoms with van der Waals surface area (Å²) in [6.07, 6.45) is 4.92. The molecule has 1 aliphatic heterocycles. The van der Waals surface area contributed by atoms with Crippen molar-refractivity contribution in [3.8, 4) is 0 Å². The van der Waals surface area contributed by atoms with Crippen LogP contribution in [0.5, 0.6) is 0 Å². The number of hydrogen-bond donors (Lipinski definition) is 1. The molecule has 0 amide bonds. The van der Waals surface area contributed by atoms with Crippen molar-refractivity contribution in [2.45, 2.75) is 52.1 Å². The summed E-state index contributed by atoms with van der Waals surface area (Å²) in [7, 11) is 0. The summed E-state index contributed by atoms with van der Waals surface area (Å²) in [6.45, 7) is 6.38. The molecule has 0 aliphatic carbocycles. The molecule has 2 heterocycles. The lowest BCUT2D eigenvalue weighted by Gasteiger charge is -2.23. The smallest absolute Gasteiger partial charge is 0.150 e. The van der Waals surface area contributed by atoms with Gasteiger partial charge < -0.3 is 9.88 Å². The molecule has 0 radical (unpaired) electrons. The molecule has 0 saturated carbocycles. The Kier molecular flexibility index (Phi) is 3.36. The lowest BCUT2D eigenvalue weighted by atomic mass is 10.0. The van der Waals surface area contributed by atoms with Crippen LogP contribution in [0.4, 0.5) is 0 Å². The van der Waals surface area contributed by atoms with Crippen molar-refractivity contribution in [1.82, 2.24) is 20.1 Å². The third-order valence-electron chi connectivity index (χ3n) is 3.03. The van der Waals surface area contributed by atoms with Crippen LogP contribution in [0.15, 0.2) is 0 Å². The average molecular weight is 208 g/mol. The maximum Gasteiger partial charge on any atom is 0.150 e. The van der Waals surface area contributed by atoms with E-state index < -0.39 is 0 Å². The Morgan fingerprint density at radius 2 is 2.27 bits per heavy atom. The summed E-state index contributed by atoms with van der Waals surface area (Å²) in [5.41, 5.74) is 0. The fourth-order valence-corrected chi connectivity index (χ4v) is 2.23. The Morgan fingerprint density at radius 3 is 2.93 bits per heavy atom. The molecule has 84 valence electrons. The van der Waals surface area contributed by atoms with Gasteiger partial charge in [0.25, 0.3) is 0 Å². The molecule has 1 aromatic rings. The Morgan fingerprint density at radius 1 is 1.40 bits per heavy atom. The van der Waals surface area contributed by atoms with Crippen LogP contribution in [0.3, 0.4) is 0 Å². The normalized spacial score (nSPS) is 21.9. The number of hydrogen-bond acceptors (Lipinski definition) is 3. The van der Waals surface area contributed by atoms with Gasteiger partial charge in [0, 0.05) is 6.54 Å². The fraction of sp³-hybridized carbons (Fsp3) is 0.818. The minimum atomic E-state index is 0.423. The maximum absolute atomic E-state index is 4.31. The van der Waals surface area contributed by atoms with E-state index in [9.17, 15) is 0 Å². The second kappa shape index (κ2) is 4.75. The minimum Gasteiger partial charge on any atom is -0.314 e. The fourth-order valence-electron chi connectivity index (χ4n) is 2.23. The van der Waals surface area contributed by atoms with Crippen molar-refractivity contribution in [2.75, 3.05) is 6.54 Å². The molecular formula is C11H20N4. The highest BCUT2D eigenvalue weighted by Crippen LogP contribution is 2.22. The third kappa shape index (κ3) is 2.20. The van der Waals surface area contributed by atoms with Gasteiger partial charge in [-0.1, -0.05) is 13.3 Å². The monoisotopic (exact) mass is 208 g/mol. The van der Waals surface area contributed by atoms with Crippen molar-refractivity contribution in [3.05, 3.63) is 11.6 Å². The van der Waals surface area contributed by atoms with Crippen molar-refractivity contribution in [1.29, 1.82) is 0 Å². The SMILES string of the molecule is CCCn1c(C)nnc1C1CCCCN1. The Bertz CT molecular complexity index is 312. The van der Waals surface area contributed by atoms with E-state index in [0.717, 1.165) is 31.2 Å². The first-order valence-electron chi connectivity index (χ1n) is 5.96. The molecule has 1 aromatic heterocycles. The van der Waals surface area contributed by atoms with Crippen LogP contribution in [-0.4, -0.2) is 21.3 Å². The standard InChI is InChI=1S/C11H20N4/c1-3-8-15-9(2)13-14-11(15)10-6-4-5-7-12-10/h10,12H,3-8H2,1-2H3. The second-order valence-electron chi connectivity index (χ2n) is 4.26. The van der Waals surface area contributed by atoms with E-state index in [0.29, 0.717) is 6.04 Å². The maximum atomic E-state index is 4.31. The van der Waals surface area contributed by atoms with Gasteiger partial charge in [0.1, 0.15) is 11.6 Å². The zero-order valence-electron chi connectivity index (χ0n) is 9.66. The summed E-state index contributed by atoms with van der Waals surface area (Å²) in [6, 6.07) is 0.423. The number of nitrogens with one attached hydrogen (secondary N) is 1. The molecule has 1 fully saturated rings. The van der Waals surface area contributed by atoms with Crippen LogP contribution < -0.4 is 5.32 Å². The molecule has 0 spiro atoms. The summed E-state index contributed by atoms with van der Waals surface area (Å²) in [4.78, 5) is 0. The highest BCUT2D eigenvalue weighted by molar-refractivity contribution is 5.01. The average Bonchev–Trinajstić information content (AvgIpc) is 2.63. The first-order chi connectivity index (χ1) is 7.33. The zero-order chi connectivity index (χ0) is 10.7. The molecule has 1 unspecified atom stereocenters. The number of aryl methyl sites for hydroxylation is 1. The van der Waals surface area contributed by atoms with Crippen LogP contribution in [-0.2, 0) is 6.54 Å². The van der Waals surface area contributed by atoms with Gasteiger partial charge in [-0.25, -0.2) is 0 Å². The van der Waals surface area contributed by atoms with Crippen molar-refractivity contribution >= 4 is 0 Å². The number of rotatable bonds is 3. The molecule has 15 heavy (non-hydrogen) atoms. The van der Waals surface area contributed by atoms with Crippen LogP contribution in [0, 0.1) is 6.92 Å². The van der Waals surface area contributed by atoms with Gasteiger partial charge in [0.15, 0.2) is 0 Å². The van der Waals surface area contributed by atoms with E-state index in [1.807, 2.05) is 6.92 Å². The first kappa shape index (κ1) is 10.6. The minimum absolute atomic E-state index is 0.423. The number of nitrogens with zero attached hydrogens (tertiary/aromatic N) is 3. The number of piperidine rings is 1. The van der Waals surface area contributed by atoms with Gasteiger partial charge in [-0.15, -0.1) is 10.2 Å². The van der Waals surface area contributed by atoms with E-state index >= 15 is 0 Å². The predicted molar refractivity (Wildman–Crippen MR) is 59.6 cm³/mol. The Balaban J connectivity index is 2.18. The topological polar surface area (TPSA) is 42.7 Å². The van der Waals surface area contributed by atoms with E-state index in [-0.39, 0.29) is 0 Å². The van der Waals surface area contributed by atoms with Crippen LogP contribution in [0.1, 0.15) is 50.3 Å². The largest absolute Gasteiger partial charge is 0.314 e. The summed E-state index contributed by atoms with van der Waals surface area (Å²) < 4.78 is 2.25. The van der Waals surface area contributed by atoms with Gasteiger partial charge in [-0.05, 0) is 32.7 Å². The lowest BCUT2D eigenvalue weighted by Crippen LogP contribution is -2.29. The quantitative estimate of drug-likeness (QED) is 0.823. The molecular weight excluding hydrogens is 188 g/mol. The van der Waals surface area contributed by atoms with Gasteiger partial charge in [0.2, 0.25) is 0 Å². The molecule has 1 saturated heterocycles. The van der Waals surface area contributed by atoms with Gasteiger partial charge in [0.05, 0.1) is 6.04 Å². The summed E-state index contributed by atoms with van der Waals surface area (Å²) in [5.74, 6) is 2.17. The van der Waals surface area contributed by atoms with E-state index in [1.165, 1.54) is 19.3 Å². The van der Waals surface area contributed by atoms with Crippen LogP contribution >= 0.6 is 0 Å². The number of aromatic nitrogens is 3. The third-order valence-corrected chi connectivity index (χ3v) is 3.03. The van der Waals surface area contributed by atoms with Crippen LogP contribution in [0.25, 0.3) is 0 Å². The van der Waals surface area contributed by atoms with Gasteiger partial charge in [-0.3, -0.25) is 0 Å². The van der Waals surface area contributed by atoms with Crippen molar-refractivity contribution < 1.29 is 0 Å². The second-order valence-corrected chi connectivity index (χ2v) is 4.26. The van der Waals surface area contributed by atoms with Gasteiger partial charge >= 0.3 is 0 Å². The van der Waals surface area contributed by atoms with E-state index in [1.54, 1.807) is 0 Å². The summed E-state index contributed by atoms with van der Waals surface area (Å²) >= 11 is 0. The first-order valence-corrected chi connectivity index (χ1v) is 5.96. The summed E-state index contributed by atoms with van der Waals surface area (Å²) in [5, 5.41) is 12.0. The Hall–Kier alpha value is -0.900. The van der Waals surface area contributed by atoms with Crippen LogP contribution in [0.2, 0.25) is 0 Å². The van der Waals surface area contributed by atoms with Crippen molar-refractivity contribution in [3.63, 3.8) is 0 Å².